The average Bonchev–Trinajstić information content (AvgIpc) is 2.16. The van der Waals surface area contributed by atoms with Crippen LogP contribution in [0.1, 0.15) is 39.5 Å². The van der Waals surface area contributed by atoms with E-state index in [0.29, 0.717) is 0 Å². The monoisotopic (exact) mass is 176 g/mol. The highest BCUT2D eigenvalue weighted by atomic mass is 13.8. The Labute approximate surface area is 82.4 Å². The van der Waals surface area contributed by atoms with Crippen molar-refractivity contribution >= 4 is 0 Å². The summed E-state index contributed by atoms with van der Waals surface area (Å²) in [6.45, 7) is 4.32. The Morgan fingerprint density at radius 3 is 2.62 bits per heavy atom. The lowest BCUT2D eigenvalue weighted by atomic mass is 10.3. The first-order valence-corrected chi connectivity index (χ1v) is 5.12. The minimum absolute atomic E-state index is 0.996. The van der Waals surface area contributed by atoms with Crippen LogP contribution < -0.4 is 0 Å². The van der Waals surface area contributed by atoms with E-state index in [1.807, 2.05) is 18.2 Å². The molecular weight excluding hydrogens is 156 g/mol. The van der Waals surface area contributed by atoms with Gasteiger partial charge in [-0.2, -0.15) is 0 Å². The van der Waals surface area contributed by atoms with Crippen LogP contribution in [0.25, 0.3) is 0 Å². The fraction of sp³-hybridized carbons (Fsp3) is 0.462. The molecule has 0 rings (SSSR count). The number of hydrogen-bond donors (Lipinski definition) is 0. The van der Waals surface area contributed by atoms with Crippen LogP contribution in [0, 0.1) is 0 Å². The molecule has 72 valence electrons. The first-order valence-electron chi connectivity index (χ1n) is 5.12. The van der Waals surface area contributed by atoms with E-state index in [1.165, 1.54) is 12.8 Å². The molecular formula is C13H20. The van der Waals surface area contributed by atoms with Gasteiger partial charge in [-0.3, -0.25) is 0 Å². The van der Waals surface area contributed by atoms with Crippen LogP contribution in [0.4, 0.5) is 0 Å². The zero-order valence-electron chi connectivity index (χ0n) is 8.79. The highest BCUT2D eigenvalue weighted by molar-refractivity contribution is 5.03. The van der Waals surface area contributed by atoms with Crippen LogP contribution in [0.5, 0.6) is 0 Å². The molecule has 0 saturated carbocycles. The molecule has 0 radical (unpaired) electrons. The second-order valence-corrected chi connectivity index (χ2v) is 2.87. The molecule has 0 aromatic carbocycles. The summed E-state index contributed by atoms with van der Waals surface area (Å²) < 4.78 is 0. The number of rotatable bonds is 6. The van der Waals surface area contributed by atoms with Gasteiger partial charge in [-0.1, -0.05) is 44.6 Å². The maximum Gasteiger partial charge on any atom is -0.00929 e. The molecule has 0 aliphatic heterocycles. The van der Waals surface area contributed by atoms with Gasteiger partial charge in [-0.15, -0.1) is 5.73 Å². The minimum Gasteiger partial charge on any atom is -0.125 e. The molecule has 13 heavy (non-hydrogen) atoms. The SMILES string of the molecule is CC/C=C/C=C=CCC=CCCC. The molecule has 0 bridgehead atoms. The van der Waals surface area contributed by atoms with E-state index in [1.54, 1.807) is 0 Å². The van der Waals surface area contributed by atoms with Gasteiger partial charge in [0.25, 0.3) is 0 Å². The lowest BCUT2D eigenvalue weighted by molar-refractivity contribution is 0.954. The van der Waals surface area contributed by atoms with Gasteiger partial charge in [-0.25, -0.2) is 0 Å². The van der Waals surface area contributed by atoms with Crippen molar-refractivity contribution in [2.24, 2.45) is 0 Å². The van der Waals surface area contributed by atoms with Gasteiger partial charge in [-0.05, 0) is 31.4 Å². The van der Waals surface area contributed by atoms with Gasteiger partial charge >= 0.3 is 0 Å². The summed E-state index contributed by atoms with van der Waals surface area (Å²) in [5, 5.41) is 0. The van der Waals surface area contributed by atoms with Crippen LogP contribution in [-0.2, 0) is 0 Å². The van der Waals surface area contributed by atoms with Crippen molar-refractivity contribution in [3.63, 3.8) is 0 Å². The lowest BCUT2D eigenvalue weighted by Gasteiger charge is -1.81. The first kappa shape index (κ1) is 12.0. The van der Waals surface area contributed by atoms with Crippen molar-refractivity contribution in [2.45, 2.75) is 39.5 Å². The largest absolute Gasteiger partial charge is 0.125 e. The molecule has 0 heterocycles. The lowest BCUT2D eigenvalue weighted by Crippen LogP contribution is -1.60. The van der Waals surface area contributed by atoms with Gasteiger partial charge < -0.3 is 0 Å². The molecule has 0 fully saturated rings. The quantitative estimate of drug-likeness (QED) is 0.319. The molecule has 0 unspecified atom stereocenters. The molecule has 0 aromatic heterocycles. The molecule has 0 aliphatic rings. The highest BCUT2D eigenvalue weighted by Crippen LogP contribution is 1.91. The summed E-state index contributed by atoms with van der Waals surface area (Å²) >= 11 is 0. The van der Waals surface area contributed by atoms with Crippen LogP contribution in [0.15, 0.2) is 42.2 Å². The Kier molecular flexibility index (Phi) is 10.2. The van der Waals surface area contributed by atoms with Crippen molar-refractivity contribution in [1.29, 1.82) is 0 Å². The summed E-state index contributed by atoms with van der Waals surface area (Å²) in [6, 6.07) is 0. The fourth-order valence-corrected chi connectivity index (χ4v) is 0.845. The molecule has 0 saturated heterocycles. The van der Waals surface area contributed by atoms with Gasteiger partial charge in [0.1, 0.15) is 0 Å². The zero-order valence-corrected chi connectivity index (χ0v) is 8.79. The predicted molar refractivity (Wildman–Crippen MR) is 60.7 cm³/mol. The third-order valence-corrected chi connectivity index (χ3v) is 1.56. The molecule has 0 aromatic rings. The standard InChI is InChI=1S/C13H20/c1-3-5-7-9-11-13-12-10-8-6-4-2/h5,7-10,13H,3-4,6,12H2,1-2H3/b7-5+,10-8?. The Bertz CT molecular complexity index is 200. The van der Waals surface area contributed by atoms with E-state index >= 15 is 0 Å². The van der Waals surface area contributed by atoms with Crippen LogP contribution in [0.3, 0.4) is 0 Å². The minimum atomic E-state index is 0.996. The second-order valence-electron chi connectivity index (χ2n) is 2.87. The molecule has 0 heteroatoms. The summed E-state index contributed by atoms with van der Waals surface area (Å²) in [7, 11) is 0. The summed E-state index contributed by atoms with van der Waals surface area (Å²) in [5.74, 6) is 0. The summed E-state index contributed by atoms with van der Waals surface area (Å²) in [5.41, 5.74) is 3.11. The average molecular weight is 176 g/mol. The van der Waals surface area contributed by atoms with Gasteiger partial charge in [0.05, 0.1) is 0 Å². The predicted octanol–water partition coefficient (Wildman–Crippen LogP) is 4.41. The van der Waals surface area contributed by atoms with E-state index < -0.39 is 0 Å². The Balaban J connectivity index is 3.50. The highest BCUT2D eigenvalue weighted by Gasteiger charge is 1.71. The number of unbranched alkanes of at least 4 members (excludes halogenated alkanes) is 1. The van der Waals surface area contributed by atoms with Crippen molar-refractivity contribution in [3.05, 3.63) is 42.2 Å². The maximum absolute atomic E-state index is 3.11. The first-order chi connectivity index (χ1) is 6.41. The maximum atomic E-state index is 3.11. The number of hydrogen-bond acceptors (Lipinski definition) is 0. The van der Waals surface area contributed by atoms with E-state index in [9.17, 15) is 0 Å². The molecule has 0 atom stereocenters. The van der Waals surface area contributed by atoms with Gasteiger partial charge in [0.2, 0.25) is 0 Å². The Morgan fingerprint density at radius 1 is 1.08 bits per heavy atom. The van der Waals surface area contributed by atoms with Gasteiger partial charge in [0, 0.05) is 0 Å². The van der Waals surface area contributed by atoms with Crippen molar-refractivity contribution in [1.82, 2.24) is 0 Å². The summed E-state index contributed by atoms with van der Waals surface area (Å²) in [6.07, 6.45) is 17.1. The van der Waals surface area contributed by atoms with Crippen molar-refractivity contribution < 1.29 is 0 Å². The third kappa shape index (κ3) is 11.0. The van der Waals surface area contributed by atoms with E-state index in [-0.39, 0.29) is 0 Å². The van der Waals surface area contributed by atoms with Gasteiger partial charge in [0.15, 0.2) is 0 Å². The van der Waals surface area contributed by atoms with E-state index in [4.69, 9.17) is 0 Å². The van der Waals surface area contributed by atoms with E-state index in [0.717, 1.165) is 12.8 Å². The fourth-order valence-electron chi connectivity index (χ4n) is 0.845. The smallest absolute Gasteiger partial charge is 0.00929 e. The summed E-state index contributed by atoms with van der Waals surface area (Å²) in [4.78, 5) is 0. The zero-order chi connectivity index (χ0) is 9.78. The van der Waals surface area contributed by atoms with Crippen LogP contribution in [0.2, 0.25) is 0 Å². The van der Waals surface area contributed by atoms with Crippen LogP contribution in [-0.4, -0.2) is 0 Å². The van der Waals surface area contributed by atoms with Crippen molar-refractivity contribution in [3.8, 4) is 0 Å². The second kappa shape index (κ2) is 11.0. The van der Waals surface area contributed by atoms with Crippen molar-refractivity contribution in [2.75, 3.05) is 0 Å². The Hall–Kier alpha value is -1.00. The number of allylic oxidation sites excluding steroid dienone is 5. The molecule has 0 aliphatic carbocycles. The topological polar surface area (TPSA) is 0 Å². The molecule has 0 amide bonds. The Morgan fingerprint density at radius 2 is 1.92 bits per heavy atom. The van der Waals surface area contributed by atoms with Crippen LogP contribution >= 0.6 is 0 Å². The van der Waals surface area contributed by atoms with E-state index in [2.05, 4.69) is 37.8 Å². The normalized spacial score (nSPS) is 10.6. The third-order valence-electron chi connectivity index (χ3n) is 1.56. The molecule has 0 spiro atoms. The molecule has 0 nitrogen and oxygen atoms in total. The molecule has 0 N–H and O–H groups in total.